The third-order valence-electron chi connectivity index (χ3n) is 5.69. The predicted molar refractivity (Wildman–Crippen MR) is 106 cm³/mol. The van der Waals surface area contributed by atoms with E-state index in [0.29, 0.717) is 11.3 Å². The van der Waals surface area contributed by atoms with Gasteiger partial charge in [-0.3, -0.25) is 4.79 Å². The Morgan fingerprint density at radius 2 is 2.04 bits per heavy atom. The predicted octanol–water partition coefficient (Wildman–Crippen LogP) is 3.38. The van der Waals surface area contributed by atoms with Gasteiger partial charge < -0.3 is 19.5 Å². The van der Waals surface area contributed by atoms with Crippen LogP contribution in [0.1, 0.15) is 45.6 Å². The van der Waals surface area contributed by atoms with Gasteiger partial charge in [-0.1, -0.05) is 26.8 Å². The smallest absolute Gasteiger partial charge is 0.331 e. The first kappa shape index (κ1) is 20.2. The quantitative estimate of drug-likeness (QED) is 0.619. The number of likely N-dealkylation sites (tertiary alicyclic amines) is 1. The van der Waals surface area contributed by atoms with Crippen molar-refractivity contribution < 1.29 is 24.2 Å². The van der Waals surface area contributed by atoms with E-state index < -0.39 is 5.97 Å². The number of aromatic hydroxyl groups is 1. The number of hydrogen-bond acceptors (Lipinski definition) is 5. The van der Waals surface area contributed by atoms with Gasteiger partial charge in [-0.2, -0.15) is 0 Å². The number of hydrogen-bond donors (Lipinski definition) is 1. The Balaban J connectivity index is 1.54. The van der Waals surface area contributed by atoms with Crippen LogP contribution < -0.4 is 4.74 Å². The number of fused-ring (bicyclic) bond motifs is 2. The summed E-state index contributed by atoms with van der Waals surface area (Å²) in [6.45, 7) is 7.26. The third-order valence-corrected chi connectivity index (χ3v) is 5.69. The molecule has 2 atom stereocenters. The van der Waals surface area contributed by atoms with Crippen molar-refractivity contribution in [3.63, 3.8) is 0 Å². The molecule has 28 heavy (non-hydrogen) atoms. The zero-order valence-electron chi connectivity index (χ0n) is 17.0. The highest BCUT2D eigenvalue weighted by Gasteiger charge is 2.50. The van der Waals surface area contributed by atoms with Gasteiger partial charge in [0.25, 0.3) is 5.91 Å². The van der Waals surface area contributed by atoms with Crippen molar-refractivity contribution in [1.82, 2.24) is 4.90 Å². The Bertz CT molecular complexity index is 800. The van der Waals surface area contributed by atoms with Crippen LogP contribution in [-0.2, 0) is 14.3 Å². The number of esters is 1. The molecule has 1 aliphatic heterocycles. The number of carbonyl (C=O) groups is 2. The van der Waals surface area contributed by atoms with E-state index in [-0.39, 0.29) is 35.1 Å². The molecule has 2 aliphatic rings. The molecule has 0 radical (unpaired) electrons. The van der Waals surface area contributed by atoms with Crippen molar-refractivity contribution in [2.45, 2.75) is 46.1 Å². The van der Waals surface area contributed by atoms with E-state index in [4.69, 9.17) is 9.47 Å². The van der Waals surface area contributed by atoms with Crippen LogP contribution in [0.4, 0.5) is 0 Å². The number of carbonyl (C=O) groups excluding carboxylic acids is 2. The average molecular weight is 387 g/mol. The molecule has 0 spiro atoms. The minimum atomic E-state index is -0.575. The molecule has 1 aromatic rings. The van der Waals surface area contributed by atoms with E-state index in [1.54, 1.807) is 18.2 Å². The summed E-state index contributed by atoms with van der Waals surface area (Å²) in [6, 6.07) is 4.98. The van der Waals surface area contributed by atoms with Gasteiger partial charge in [-0.05, 0) is 53.9 Å². The molecular formula is C22H29NO5. The van der Waals surface area contributed by atoms with E-state index in [1.807, 2.05) is 4.90 Å². The van der Waals surface area contributed by atoms with Crippen molar-refractivity contribution in [1.29, 1.82) is 0 Å². The molecule has 1 saturated heterocycles. The summed E-state index contributed by atoms with van der Waals surface area (Å²) in [5.41, 5.74) is 1.07. The fraction of sp³-hybridized carbons (Fsp3) is 0.545. The molecule has 1 amide bonds. The van der Waals surface area contributed by atoms with Gasteiger partial charge in [0.1, 0.15) is 0 Å². The van der Waals surface area contributed by atoms with Gasteiger partial charge in [0.2, 0.25) is 0 Å². The fourth-order valence-electron chi connectivity index (χ4n) is 4.98. The highest BCUT2D eigenvalue weighted by Crippen LogP contribution is 2.52. The van der Waals surface area contributed by atoms with Crippen molar-refractivity contribution in [2.24, 2.45) is 10.8 Å². The first-order valence-electron chi connectivity index (χ1n) is 9.62. The zero-order valence-corrected chi connectivity index (χ0v) is 17.0. The second-order valence-corrected chi connectivity index (χ2v) is 9.11. The summed E-state index contributed by atoms with van der Waals surface area (Å²) in [7, 11) is 1.46. The lowest BCUT2D eigenvalue weighted by Gasteiger charge is -2.39. The Kier molecular flexibility index (Phi) is 5.41. The first-order valence-corrected chi connectivity index (χ1v) is 9.62. The van der Waals surface area contributed by atoms with Crippen LogP contribution in [0.25, 0.3) is 6.08 Å². The maximum Gasteiger partial charge on any atom is 0.331 e. The molecule has 2 bridgehead atoms. The third kappa shape index (κ3) is 4.49. The molecule has 6 nitrogen and oxygen atoms in total. The second-order valence-electron chi connectivity index (χ2n) is 9.11. The SMILES string of the molecule is COc1cc(/C=C/C(=O)OCC(=O)N2CC3(C)CC2CC(C)(C)C3)ccc1O. The van der Waals surface area contributed by atoms with E-state index in [9.17, 15) is 14.7 Å². The lowest BCUT2D eigenvalue weighted by atomic mass is 9.65. The number of phenolic OH excluding ortho intramolecular Hbond substituents is 1. The number of nitrogens with zero attached hydrogens (tertiary/aromatic N) is 1. The summed E-state index contributed by atoms with van der Waals surface area (Å²) >= 11 is 0. The zero-order chi connectivity index (χ0) is 20.5. The summed E-state index contributed by atoms with van der Waals surface area (Å²) in [5, 5.41) is 9.59. The summed E-state index contributed by atoms with van der Waals surface area (Å²) in [5.74, 6) is -0.351. The van der Waals surface area contributed by atoms with Crippen LogP contribution in [0.3, 0.4) is 0 Å². The Labute approximate surface area is 166 Å². The topological polar surface area (TPSA) is 76.1 Å². The van der Waals surface area contributed by atoms with Crippen LogP contribution >= 0.6 is 0 Å². The van der Waals surface area contributed by atoms with Crippen LogP contribution in [0.2, 0.25) is 0 Å². The molecule has 1 aromatic carbocycles. The van der Waals surface area contributed by atoms with Crippen molar-refractivity contribution in [3.05, 3.63) is 29.8 Å². The lowest BCUT2D eigenvalue weighted by molar-refractivity contribution is -0.148. The summed E-state index contributed by atoms with van der Waals surface area (Å²) < 4.78 is 10.2. The first-order chi connectivity index (χ1) is 13.1. The van der Waals surface area contributed by atoms with E-state index in [1.165, 1.54) is 19.3 Å². The molecule has 1 heterocycles. The largest absolute Gasteiger partial charge is 0.504 e. The normalized spacial score (nSPS) is 25.7. The maximum atomic E-state index is 12.6. The van der Waals surface area contributed by atoms with Crippen LogP contribution in [0, 0.1) is 10.8 Å². The lowest BCUT2D eigenvalue weighted by Crippen LogP contribution is -2.39. The molecule has 1 saturated carbocycles. The minimum Gasteiger partial charge on any atom is -0.504 e. The Morgan fingerprint density at radius 1 is 1.29 bits per heavy atom. The van der Waals surface area contributed by atoms with Gasteiger partial charge >= 0.3 is 5.97 Å². The van der Waals surface area contributed by atoms with Gasteiger partial charge in [0.05, 0.1) is 7.11 Å². The Hall–Kier alpha value is -2.50. The highest BCUT2D eigenvalue weighted by molar-refractivity contribution is 5.89. The molecular weight excluding hydrogens is 358 g/mol. The van der Waals surface area contributed by atoms with E-state index >= 15 is 0 Å². The summed E-state index contributed by atoms with van der Waals surface area (Å²) in [4.78, 5) is 26.5. The second kappa shape index (κ2) is 7.49. The Morgan fingerprint density at radius 3 is 2.75 bits per heavy atom. The monoisotopic (exact) mass is 387 g/mol. The van der Waals surface area contributed by atoms with Crippen LogP contribution in [0.15, 0.2) is 24.3 Å². The molecule has 1 aliphatic carbocycles. The minimum absolute atomic E-state index is 0.0283. The number of methoxy groups -OCH3 is 1. The van der Waals surface area contributed by atoms with Gasteiger partial charge in [0.15, 0.2) is 18.1 Å². The molecule has 6 heteroatoms. The average Bonchev–Trinajstić information content (AvgIpc) is 2.87. The number of ether oxygens (including phenoxy) is 2. The highest BCUT2D eigenvalue weighted by atomic mass is 16.5. The van der Waals surface area contributed by atoms with Crippen molar-refractivity contribution in [3.8, 4) is 11.5 Å². The maximum absolute atomic E-state index is 12.6. The van der Waals surface area contributed by atoms with Crippen molar-refractivity contribution in [2.75, 3.05) is 20.3 Å². The number of phenols is 1. The van der Waals surface area contributed by atoms with Crippen molar-refractivity contribution >= 4 is 18.0 Å². The molecule has 3 rings (SSSR count). The molecule has 152 valence electrons. The number of rotatable bonds is 5. The number of benzene rings is 1. The van der Waals surface area contributed by atoms with Gasteiger partial charge in [-0.15, -0.1) is 0 Å². The summed E-state index contributed by atoms with van der Waals surface area (Å²) in [6.07, 6.45) is 5.95. The van der Waals surface area contributed by atoms with Gasteiger partial charge in [0, 0.05) is 18.7 Å². The molecule has 0 aromatic heterocycles. The number of amides is 1. The van der Waals surface area contributed by atoms with Crippen LogP contribution in [0.5, 0.6) is 11.5 Å². The molecule has 2 fully saturated rings. The van der Waals surface area contributed by atoms with Gasteiger partial charge in [-0.25, -0.2) is 4.79 Å². The fourth-order valence-corrected chi connectivity index (χ4v) is 4.98. The standard InChI is InChI=1S/C22H29NO5/c1-21(2)10-16-11-22(3,13-21)14-23(16)19(25)12-28-20(26)8-6-15-5-7-17(24)18(9-15)27-4/h5-9,16,24H,10-14H2,1-4H3/b8-6+. The molecule has 1 N–H and O–H groups in total. The van der Waals surface area contributed by atoms with Crippen LogP contribution in [-0.4, -0.2) is 48.2 Å². The van der Waals surface area contributed by atoms with E-state index in [2.05, 4.69) is 20.8 Å². The van der Waals surface area contributed by atoms with E-state index in [0.717, 1.165) is 25.8 Å². The molecule has 2 unspecified atom stereocenters.